The highest BCUT2D eigenvalue weighted by atomic mass is 16.3. The Morgan fingerprint density at radius 2 is 1.62 bits per heavy atom. The Morgan fingerprint density at radius 1 is 1.00 bits per heavy atom. The molecule has 6 nitrogen and oxygen atoms in total. The molecule has 0 saturated heterocycles. The molecule has 2 aromatic carbocycles. The Hall–Kier alpha value is -3.09. The number of H-pyrrole nitrogens is 1. The van der Waals surface area contributed by atoms with Crippen molar-refractivity contribution in [3.8, 4) is 5.69 Å². The van der Waals surface area contributed by atoms with Crippen LogP contribution in [0.1, 0.15) is 36.6 Å². The molecule has 0 amide bonds. The van der Waals surface area contributed by atoms with E-state index in [1.165, 1.54) is 10.2 Å². The molecule has 0 radical (unpaired) electrons. The maximum Gasteiger partial charge on any atom is 0.275 e. The van der Waals surface area contributed by atoms with E-state index < -0.39 is 24.0 Å². The summed E-state index contributed by atoms with van der Waals surface area (Å²) in [4.78, 5) is 15.3. The fourth-order valence-corrected chi connectivity index (χ4v) is 5.47. The summed E-state index contributed by atoms with van der Waals surface area (Å²) in [6.45, 7) is 6.13. The van der Waals surface area contributed by atoms with Crippen molar-refractivity contribution in [3.63, 3.8) is 0 Å². The van der Waals surface area contributed by atoms with Gasteiger partial charge in [-0.3, -0.25) is 9.89 Å². The van der Waals surface area contributed by atoms with Gasteiger partial charge in [0.2, 0.25) is 0 Å². The van der Waals surface area contributed by atoms with Gasteiger partial charge in [-0.25, -0.2) is 4.68 Å². The zero-order valence-corrected chi connectivity index (χ0v) is 18.8. The first-order valence-electron chi connectivity index (χ1n) is 11.0. The molecule has 2 unspecified atom stereocenters. The Balaban J connectivity index is 1.47. The molecule has 2 aliphatic rings. The van der Waals surface area contributed by atoms with Gasteiger partial charge in [-0.15, -0.1) is 0 Å². The van der Waals surface area contributed by atoms with E-state index in [2.05, 4.69) is 36.0 Å². The fourth-order valence-electron chi connectivity index (χ4n) is 5.47. The Kier molecular flexibility index (Phi) is 4.69. The van der Waals surface area contributed by atoms with Crippen LogP contribution in [-0.2, 0) is 5.41 Å². The van der Waals surface area contributed by atoms with Gasteiger partial charge in [0, 0.05) is 46.9 Å². The number of aromatic nitrogens is 2. The van der Waals surface area contributed by atoms with Crippen LogP contribution in [-0.4, -0.2) is 39.2 Å². The van der Waals surface area contributed by atoms with Crippen LogP contribution in [0.4, 0.5) is 5.69 Å². The molecule has 1 saturated carbocycles. The molecule has 3 aromatic rings. The number of rotatable bonds is 3. The minimum Gasteiger partial charge on any atom is -0.392 e. The number of aryl methyl sites for hydroxylation is 1. The van der Waals surface area contributed by atoms with E-state index in [1.54, 1.807) is 0 Å². The van der Waals surface area contributed by atoms with Crippen molar-refractivity contribution in [2.75, 3.05) is 11.9 Å². The lowest BCUT2D eigenvalue weighted by Gasteiger charge is -2.45. The Bertz CT molecular complexity index is 1240. The third-order valence-corrected chi connectivity index (χ3v) is 7.28. The molecule has 166 valence electrons. The molecular formula is C26H29N3O3. The number of aliphatic hydroxyl groups is 2. The van der Waals surface area contributed by atoms with E-state index in [4.69, 9.17) is 0 Å². The second-order valence-electron chi connectivity index (χ2n) is 9.46. The zero-order valence-electron chi connectivity index (χ0n) is 18.8. The number of para-hydroxylation sites is 2. The van der Waals surface area contributed by atoms with Crippen LogP contribution in [0.2, 0.25) is 0 Å². The quantitative estimate of drug-likeness (QED) is 0.595. The monoisotopic (exact) mass is 431 g/mol. The topological polar surface area (TPSA) is 81.5 Å². The average molecular weight is 432 g/mol. The maximum atomic E-state index is 13.2. The first-order chi connectivity index (χ1) is 15.2. The van der Waals surface area contributed by atoms with E-state index in [1.807, 2.05) is 62.5 Å². The minimum atomic E-state index is -0.836. The third-order valence-electron chi connectivity index (χ3n) is 7.28. The van der Waals surface area contributed by atoms with Crippen LogP contribution in [0.3, 0.4) is 0 Å². The largest absolute Gasteiger partial charge is 0.392 e. The predicted octanol–water partition coefficient (Wildman–Crippen LogP) is 3.22. The highest BCUT2D eigenvalue weighted by Gasteiger charge is 2.52. The zero-order chi connectivity index (χ0) is 22.8. The molecule has 1 aliphatic carbocycles. The van der Waals surface area contributed by atoms with E-state index in [-0.39, 0.29) is 11.0 Å². The lowest BCUT2D eigenvalue weighted by molar-refractivity contribution is -0.0952. The number of nitrogens with one attached hydrogen (secondary N) is 1. The van der Waals surface area contributed by atoms with Gasteiger partial charge in [-0.2, -0.15) is 0 Å². The Labute approximate surface area is 187 Å². The van der Waals surface area contributed by atoms with Gasteiger partial charge >= 0.3 is 0 Å². The van der Waals surface area contributed by atoms with Crippen molar-refractivity contribution in [1.29, 1.82) is 0 Å². The van der Waals surface area contributed by atoms with Crippen molar-refractivity contribution in [2.24, 2.45) is 5.92 Å². The maximum absolute atomic E-state index is 13.2. The van der Waals surface area contributed by atoms with Gasteiger partial charge in [0.15, 0.2) is 0 Å². The SMILES string of the molecule is Cc1[nH]n(-c2ccccc2)c(=O)c1C1C(O)C(/C=C2/N(C)c3ccccc3C2(C)C)C1O. The summed E-state index contributed by atoms with van der Waals surface area (Å²) in [6, 6.07) is 17.6. The highest BCUT2D eigenvalue weighted by Crippen LogP contribution is 2.50. The first kappa shape index (κ1) is 20.8. The minimum absolute atomic E-state index is 0.228. The number of hydrogen-bond donors (Lipinski definition) is 3. The normalized spacial score (nSPS) is 27.4. The number of anilines is 1. The van der Waals surface area contributed by atoms with Gasteiger partial charge < -0.3 is 15.1 Å². The molecule has 1 aliphatic heterocycles. The van der Waals surface area contributed by atoms with Crippen molar-refractivity contribution in [2.45, 2.75) is 44.3 Å². The van der Waals surface area contributed by atoms with Crippen molar-refractivity contribution in [1.82, 2.24) is 9.78 Å². The van der Waals surface area contributed by atoms with E-state index in [9.17, 15) is 15.0 Å². The average Bonchev–Trinajstić information content (AvgIpc) is 3.18. The number of fused-ring (bicyclic) bond motifs is 1. The second-order valence-corrected chi connectivity index (χ2v) is 9.46. The fraction of sp³-hybridized carbons (Fsp3) is 0.346. The van der Waals surface area contributed by atoms with Crippen molar-refractivity contribution >= 4 is 5.69 Å². The van der Waals surface area contributed by atoms with E-state index >= 15 is 0 Å². The summed E-state index contributed by atoms with van der Waals surface area (Å²) in [5.74, 6) is -1.06. The van der Waals surface area contributed by atoms with Gasteiger partial charge in [0.05, 0.1) is 17.9 Å². The lowest BCUT2D eigenvalue weighted by Crippen LogP contribution is -2.54. The van der Waals surface area contributed by atoms with Crippen LogP contribution in [0.5, 0.6) is 0 Å². The number of aromatic amines is 1. The highest BCUT2D eigenvalue weighted by molar-refractivity contribution is 5.69. The van der Waals surface area contributed by atoms with Crippen LogP contribution in [0, 0.1) is 12.8 Å². The van der Waals surface area contributed by atoms with E-state index in [0.29, 0.717) is 11.3 Å². The van der Waals surface area contributed by atoms with Crippen LogP contribution < -0.4 is 10.5 Å². The summed E-state index contributed by atoms with van der Waals surface area (Å²) in [6.07, 6.45) is 0.317. The smallest absolute Gasteiger partial charge is 0.275 e. The third kappa shape index (κ3) is 2.83. The molecule has 1 fully saturated rings. The molecule has 3 N–H and O–H groups in total. The van der Waals surface area contributed by atoms with Crippen LogP contribution in [0.15, 0.2) is 71.2 Å². The summed E-state index contributed by atoms with van der Waals surface area (Å²) >= 11 is 0. The summed E-state index contributed by atoms with van der Waals surface area (Å²) in [5.41, 5.74) is 4.78. The Morgan fingerprint density at radius 3 is 2.28 bits per heavy atom. The number of benzene rings is 2. The number of hydrogen-bond acceptors (Lipinski definition) is 4. The van der Waals surface area contributed by atoms with Gasteiger partial charge in [0.25, 0.3) is 5.56 Å². The molecule has 2 heterocycles. The van der Waals surface area contributed by atoms with Gasteiger partial charge in [-0.1, -0.05) is 56.3 Å². The number of aliphatic hydroxyl groups excluding tert-OH is 2. The molecule has 6 heteroatoms. The molecular weight excluding hydrogens is 402 g/mol. The molecule has 32 heavy (non-hydrogen) atoms. The molecule has 0 bridgehead atoms. The molecule has 1 aromatic heterocycles. The van der Waals surface area contributed by atoms with Crippen LogP contribution in [0.25, 0.3) is 5.69 Å². The second kappa shape index (κ2) is 7.22. The van der Waals surface area contributed by atoms with Crippen LogP contribution >= 0.6 is 0 Å². The number of nitrogens with zero attached hydrogens (tertiary/aromatic N) is 2. The standard InChI is InChI=1S/C26H29N3O3/c1-15-21(25(32)29(27-15)16-10-6-5-7-11-16)22-23(30)17(24(22)31)14-20-26(2,3)18-12-8-9-13-19(18)28(20)4/h5-14,17,22-24,27,30-31H,1-4H3/b20-14+. The van der Waals surface area contributed by atoms with Crippen molar-refractivity contribution in [3.05, 3.63) is 93.5 Å². The molecule has 5 rings (SSSR count). The van der Waals surface area contributed by atoms with Gasteiger partial charge in [-0.05, 0) is 30.7 Å². The molecule has 0 spiro atoms. The summed E-state index contributed by atoms with van der Waals surface area (Å²) < 4.78 is 1.47. The number of allylic oxidation sites excluding steroid dienone is 1. The predicted molar refractivity (Wildman–Crippen MR) is 125 cm³/mol. The number of likely N-dealkylation sites (N-methyl/N-ethyl adjacent to an activating group) is 1. The van der Waals surface area contributed by atoms with Crippen molar-refractivity contribution < 1.29 is 10.2 Å². The van der Waals surface area contributed by atoms with E-state index in [0.717, 1.165) is 17.1 Å². The van der Waals surface area contributed by atoms with Gasteiger partial charge in [0.1, 0.15) is 0 Å². The summed E-state index contributed by atoms with van der Waals surface area (Å²) in [7, 11) is 2.02. The molecule has 2 atom stereocenters. The lowest BCUT2D eigenvalue weighted by atomic mass is 9.65. The first-order valence-corrected chi connectivity index (χ1v) is 11.0. The summed E-state index contributed by atoms with van der Waals surface area (Å²) in [5, 5.41) is 25.2.